The fourth-order valence-electron chi connectivity index (χ4n) is 3.83. The van der Waals surface area contributed by atoms with Gasteiger partial charge in [-0.15, -0.1) is 10.2 Å². The van der Waals surface area contributed by atoms with Crippen LogP contribution in [0.2, 0.25) is 5.02 Å². The number of nitrogens with zero attached hydrogens (tertiary/aromatic N) is 4. The van der Waals surface area contributed by atoms with Crippen molar-refractivity contribution in [2.75, 3.05) is 11.2 Å². The topological polar surface area (TPSA) is 68.2 Å². The lowest BCUT2D eigenvalue weighted by molar-refractivity contribution is -0.118. The highest BCUT2D eigenvalue weighted by molar-refractivity contribution is 7.98. The van der Waals surface area contributed by atoms with E-state index in [9.17, 15) is 4.79 Å². The van der Waals surface area contributed by atoms with Gasteiger partial charge in [-0.25, -0.2) is 0 Å². The minimum absolute atomic E-state index is 0.174. The van der Waals surface area contributed by atoms with E-state index in [0.717, 1.165) is 16.3 Å². The van der Waals surface area contributed by atoms with Gasteiger partial charge in [-0.05, 0) is 35.2 Å². The van der Waals surface area contributed by atoms with Crippen LogP contribution < -0.4 is 9.64 Å². The average molecular weight is 449 g/mol. The molecule has 0 saturated carbocycles. The Morgan fingerprint density at radius 3 is 2.71 bits per heavy atom. The normalized spacial score (nSPS) is 15.1. The Bertz CT molecular complexity index is 1320. The highest BCUT2D eigenvalue weighted by Gasteiger charge is 2.35. The fourth-order valence-corrected chi connectivity index (χ4v) is 4.30. The molecule has 1 aromatic heterocycles. The average Bonchev–Trinajstić information content (AvgIpc) is 2.92. The molecule has 4 aromatic rings. The predicted octanol–water partition coefficient (Wildman–Crippen LogP) is 5.51. The zero-order valence-electron chi connectivity index (χ0n) is 16.7. The molecule has 0 aliphatic carbocycles. The van der Waals surface area contributed by atoms with Crippen molar-refractivity contribution in [3.63, 3.8) is 0 Å². The van der Waals surface area contributed by atoms with E-state index in [-0.39, 0.29) is 5.91 Å². The molecule has 31 heavy (non-hydrogen) atoms. The molecule has 6 nitrogen and oxygen atoms in total. The molecule has 0 bridgehead atoms. The van der Waals surface area contributed by atoms with Gasteiger partial charge in [0.25, 0.3) is 0 Å². The molecule has 8 heteroatoms. The third kappa shape index (κ3) is 3.40. The highest BCUT2D eigenvalue weighted by Crippen LogP contribution is 2.45. The van der Waals surface area contributed by atoms with Crippen molar-refractivity contribution in [3.8, 4) is 17.1 Å². The van der Waals surface area contributed by atoms with Crippen molar-refractivity contribution in [3.05, 3.63) is 71.2 Å². The summed E-state index contributed by atoms with van der Waals surface area (Å²) in [4.78, 5) is 19.1. The van der Waals surface area contributed by atoms with Crippen LogP contribution in [0.25, 0.3) is 22.0 Å². The number of hydrogen-bond donors (Lipinski definition) is 0. The molecule has 0 unspecified atom stereocenters. The Labute approximate surface area is 188 Å². The summed E-state index contributed by atoms with van der Waals surface area (Å²) in [5.74, 6) is 0.136. The molecule has 0 radical (unpaired) electrons. The first-order valence-corrected chi connectivity index (χ1v) is 11.2. The number of carbonyl (C=O) groups excluding carboxylic acids is 1. The van der Waals surface area contributed by atoms with Crippen molar-refractivity contribution < 1.29 is 9.53 Å². The molecule has 0 fully saturated rings. The first kappa shape index (κ1) is 19.8. The number of ether oxygens (including phenoxy) is 1. The lowest BCUT2D eigenvalue weighted by Crippen LogP contribution is -2.36. The molecule has 5 rings (SSSR count). The van der Waals surface area contributed by atoms with Crippen molar-refractivity contribution in [2.45, 2.75) is 18.3 Å². The largest absolute Gasteiger partial charge is 0.447 e. The van der Waals surface area contributed by atoms with Gasteiger partial charge in [-0.3, -0.25) is 9.69 Å². The Balaban J connectivity index is 1.82. The molecule has 1 atom stereocenters. The first-order chi connectivity index (χ1) is 15.1. The van der Waals surface area contributed by atoms with E-state index in [2.05, 4.69) is 15.2 Å². The second-order valence-electron chi connectivity index (χ2n) is 7.04. The maximum absolute atomic E-state index is 12.9. The number of fused-ring (bicyclic) bond motifs is 4. The van der Waals surface area contributed by atoms with Gasteiger partial charge in [0, 0.05) is 23.1 Å². The number of carbonyl (C=O) groups is 1. The van der Waals surface area contributed by atoms with E-state index in [0.29, 0.717) is 33.0 Å². The third-order valence-electron chi connectivity index (χ3n) is 5.18. The second kappa shape index (κ2) is 7.83. The van der Waals surface area contributed by atoms with E-state index in [1.54, 1.807) is 23.1 Å². The molecular weight excluding hydrogens is 432 g/mol. The van der Waals surface area contributed by atoms with Crippen LogP contribution in [-0.4, -0.2) is 27.3 Å². The van der Waals surface area contributed by atoms with Crippen LogP contribution in [0, 0.1) is 0 Å². The molecule has 1 aliphatic rings. The standard InChI is InChI=1S/C23H17ClN4O2S/c1-13(29)28-19-11-10-15(24)12-18(19)20-21(25-23(31-2)27-26-20)30-22(28)17-9-5-7-14-6-3-4-8-16(14)17/h3-12,22H,1-2H3/t22-/m0/s1. The van der Waals surface area contributed by atoms with Gasteiger partial charge in [0.2, 0.25) is 23.2 Å². The first-order valence-electron chi connectivity index (χ1n) is 9.59. The fraction of sp³-hybridized carbons (Fsp3) is 0.130. The van der Waals surface area contributed by atoms with E-state index in [1.807, 2.05) is 48.7 Å². The molecule has 3 aromatic carbocycles. The van der Waals surface area contributed by atoms with Crippen LogP contribution in [0.1, 0.15) is 18.7 Å². The second-order valence-corrected chi connectivity index (χ2v) is 8.25. The summed E-state index contributed by atoms with van der Waals surface area (Å²) in [5, 5.41) is 11.6. The predicted molar refractivity (Wildman–Crippen MR) is 123 cm³/mol. The number of aromatic nitrogens is 3. The lowest BCUT2D eigenvalue weighted by atomic mass is 10.0. The van der Waals surface area contributed by atoms with Crippen LogP contribution in [0.3, 0.4) is 0 Å². The minimum Gasteiger partial charge on any atom is -0.447 e. The molecular formula is C23H17ClN4O2S. The quantitative estimate of drug-likeness (QED) is 0.376. The van der Waals surface area contributed by atoms with Crippen LogP contribution in [0.5, 0.6) is 5.88 Å². The summed E-state index contributed by atoms with van der Waals surface area (Å²) in [5.41, 5.74) is 2.59. The number of benzene rings is 3. The molecule has 154 valence electrons. The van der Waals surface area contributed by atoms with Gasteiger partial charge in [-0.2, -0.15) is 4.98 Å². The Morgan fingerprint density at radius 2 is 1.90 bits per heavy atom. The minimum atomic E-state index is -0.740. The maximum atomic E-state index is 12.9. The highest BCUT2D eigenvalue weighted by atomic mass is 35.5. The van der Waals surface area contributed by atoms with Crippen LogP contribution >= 0.6 is 23.4 Å². The number of amides is 1. The lowest BCUT2D eigenvalue weighted by Gasteiger charge is -2.30. The smallest absolute Gasteiger partial charge is 0.247 e. The van der Waals surface area contributed by atoms with Crippen molar-refractivity contribution in [2.24, 2.45) is 0 Å². The molecule has 0 saturated heterocycles. The zero-order valence-corrected chi connectivity index (χ0v) is 18.3. The summed E-state index contributed by atoms with van der Waals surface area (Å²) in [7, 11) is 0. The SMILES string of the molecule is CSc1nnc2c(n1)O[C@@H](c1cccc3ccccc13)N(C(C)=O)c1ccc(Cl)cc1-2. The van der Waals surface area contributed by atoms with Crippen LogP contribution in [0.15, 0.2) is 65.8 Å². The van der Waals surface area contributed by atoms with E-state index in [1.165, 1.54) is 18.7 Å². The third-order valence-corrected chi connectivity index (χ3v) is 5.95. The summed E-state index contributed by atoms with van der Waals surface area (Å²) < 4.78 is 6.42. The van der Waals surface area contributed by atoms with Gasteiger partial charge in [-0.1, -0.05) is 65.8 Å². The summed E-state index contributed by atoms with van der Waals surface area (Å²) in [6.45, 7) is 1.52. The summed E-state index contributed by atoms with van der Waals surface area (Å²) in [6, 6.07) is 19.3. The monoisotopic (exact) mass is 448 g/mol. The Morgan fingerprint density at radius 1 is 1.10 bits per heavy atom. The number of thioether (sulfide) groups is 1. The van der Waals surface area contributed by atoms with Crippen LogP contribution in [0.4, 0.5) is 5.69 Å². The van der Waals surface area contributed by atoms with E-state index in [4.69, 9.17) is 16.3 Å². The van der Waals surface area contributed by atoms with Crippen molar-refractivity contribution >= 4 is 45.7 Å². The zero-order chi connectivity index (χ0) is 21.5. The van der Waals surface area contributed by atoms with Gasteiger partial charge < -0.3 is 4.74 Å². The maximum Gasteiger partial charge on any atom is 0.247 e. The molecule has 0 N–H and O–H groups in total. The van der Waals surface area contributed by atoms with Gasteiger partial charge in [0.1, 0.15) is 0 Å². The Hall–Kier alpha value is -3.16. The Kier molecular flexibility index (Phi) is 5.00. The van der Waals surface area contributed by atoms with E-state index >= 15 is 0 Å². The molecule has 1 aliphatic heterocycles. The van der Waals surface area contributed by atoms with E-state index < -0.39 is 6.23 Å². The number of hydrogen-bond acceptors (Lipinski definition) is 6. The van der Waals surface area contributed by atoms with Gasteiger partial charge in [0.05, 0.1) is 5.69 Å². The van der Waals surface area contributed by atoms with Crippen molar-refractivity contribution in [1.82, 2.24) is 15.2 Å². The number of rotatable bonds is 2. The van der Waals surface area contributed by atoms with Crippen LogP contribution in [-0.2, 0) is 4.79 Å². The number of anilines is 1. The van der Waals surface area contributed by atoms with Gasteiger partial charge in [0.15, 0.2) is 5.69 Å². The molecule has 2 heterocycles. The summed E-state index contributed by atoms with van der Waals surface area (Å²) in [6.07, 6.45) is 1.13. The van der Waals surface area contributed by atoms with Gasteiger partial charge >= 0.3 is 0 Å². The van der Waals surface area contributed by atoms with Crippen molar-refractivity contribution in [1.29, 1.82) is 0 Å². The summed E-state index contributed by atoms with van der Waals surface area (Å²) >= 11 is 7.67. The number of halogens is 1. The molecule has 1 amide bonds. The molecule has 0 spiro atoms.